The van der Waals surface area contributed by atoms with Gasteiger partial charge in [0.05, 0.1) is 0 Å². The number of hydrogen-bond acceptors (Lipinski definition) is 2. The maximum atomic E-state index is 6.02. The largest absolute Gasteiger partial charge is 0.488 e. The van der Waals surface area contributed by atoms with Crippen LogP contribution in [0.3, 0.4) is 0 Å². The molecule has 2 aromatic carbocycles. The van der Waals surface area contributed by atoms with E-state index in [-0.39, 0.29) is 0 Å². The lowest BCUT2D eigenvalue weighted by atomic mass is 9.93. The van der Waals surface area contributed by atoms with Gasteiger partial charge in [0, 0.05) is 16.6 Å². The summed E-state index contributed by atoms with van der Waals surface area (Å²) in [5.74, 6) is 0.964. The van der Waals surface area contributed by atoms with Crippen molar-refractivity contribution in [1.82, 2.24) is 4.90 Å². The van der Waals surface area contributed by atoms with Crippen molar-refractivity contribution in [1.29, 1.82) is 0 Å². The molecule has 0 amide bonds. The van der Waals surface area contributed by atoms with Crippen LogP contribution in [-0.4, -0.2) is 25.5 Å². The summed E-state index contributed by atoms with van der Waals surface area (Å²) in [6.45, 7) is 1.65. The summed E-state index contributed by atoms with van der Waals surface area (Å²) < 4.78 is 7.11. The Morgan fingerprint density at radius 2 is 1.95 bits per heavy atom. The van der Waals surface area contributed by atoms with E-state index in [1.807, 2.05) is 6.07 Å². The van der Waals surface area contributed by atoms with Crippen molar-refractivity contribution in [2.45, 2.75) is 13.0 Å². The average Bonchev–Trinajstić information content (AvgIpc) is 2.64. The van der Waals surface area contributed by atoms with Crippen LogP contribution in [-0.2, 0) is 6.61 Å². The summed E-state index contributed by atoms with van der Waals surface area (Å²) in [7, 11) is 4.21. The molecule has 2 aromatic rings. The number of nitrogens with zero attached hydrogens (tertiary/aromatic N) is 1. The smallest absolute Gasteiger partial charge is 0.127 e. The normalized spacial score (nSPS) is 15.2. The van der Waals surface area contributed by atoms with Crippen LogP contribution in [0.2, 0.25) is 0 Å². The molecule has 0 unspecified atom stereocenters. The molecule has 0 radical (unpaired) electrons. The number of fused-ring (bicyclic) bond motifs is 2. The summed E-state index contributed by atoms with van der Waals surface area (Å²) >= 11 is 3.56. The third kappa shape index (κ3) is 3.26. The maximum Gasteiger partial charge on any atom is 0.127 e. The zero-order valence-electron chi connectivity index (χ0n) is 13.0. The lowest BCUT2D eigenvalue weighted by Gasteiger charge is -2.12. The van der Waals surface area contributed by atoms with E-state index in [9.17, 15) is 0 Å². The van der Waals surface area contributed by atoms with Crippen LogP contribution in [0.4, 0.5) is 0 Å². The fourth-order valence-corrected chi connectivity index (χ4v) is 3.16. The molecule has 0 saturated heterocycles. The minimum absolute atomic E-state index is 0.608. The van der Waals surface area contributed by atoms with Gasteiger partial charge in [0.25, 0.3) is 0 Å². The van der Waals surface area contributed by atoms with Gasteiger partial charge in [-0.15, -0.1) is 0 Å². The second-order valence-electron chi connectivity index (χ2n) is 5.80. The standard InChI is InChI=1S/C19H20BrNO/c1-21(2)11-5-7-17-16-10-9-15(20)12-14(16)13-22-19-8-4-3-6-18(17)19/h3-4,6-10,12H,5,11,13H2,1-2H3/b17-7-. The molecular formula is C19H20BrNO. The van der Waals surface area contributed by atoms with E-state index in [0.717, 1.165) is 23.2 Å². The summed E-state index contributed by atoms with van der Waals surface area (Å²) in [6.07, 6.45) is 3.35. The van der Waals surface area contributed by atoms with Crippen molar-refractivity contribution in [2.24, 2.45) is 0 Å². The van der Waals surface area contributed by atoms with Crippen molar-refractivity contribution in [3.8, 4) is 5.75 Å². The van der Waals surface area contributed by atoms with Gasteiger partial charge < -0.3 is 9.64 Å². The fraction of sp³-hybridized carbons (Fsp3) is 0.263. The first-order valence-electron chi connectivity index (χ1n) is 7.51. The van der Waals surface area contributed by atoms with E-state index in [1.54, 1.807) is 0 Å². The van der Waals surface area contributed by atoms with Gasteiger partial charge in [-0.05, 0) is 55.4 Å². The minimum atomic E-state index is 0.608. The monoisotopic (exact) mass is 357 g/mol. The summed E-state index contributed by atoms with van der Waals surface area (Å²) in [5.41, 5.74) is 4.95. The number of rotatable bonds is 3. The Morgan fingerprint density at radius 3 is 2.77 bits per heavy atom. The number of ether oxygens (including phenoxy) is 1. The first-order chi connectivity index (χ1) is 10.6. The van der Waals surface area contributed by atoms with E-state index < -0.39 is 0 Å². The van der Waals surface area contributed by atoms with E-state index >= 15 is 0 Å². The predicted molar refractivity (Wildman–Crippen MR) is 95.2 cm³/mol. The molecule has 0 aromatic heterocycles. The Hall–Kier alpha value is -1.58. The van der Waals surface area contributed by atoms with Crippen LogP contribution in [0.5, 0.6) is 5.75 Å². The van der Waals surface area contributed by atoms with Crippen LogP contribution in [0.15, 0.2) is 53.0 Å². The SMILES string of the molecule is CN(C)CC/C=C1/c2ccc(Br)cc2COc2ccccc21. The molecule has 0 N–H and O–H groups in total. The van der Waals surface area contributed by atoms with E-state index in [4.69, 9.17) is 4.74 Å². The average molecular weight is 358 g/mol. The van der Waals surface area contributed by atoms with Gasteiger partial charge in [-0.25, -0.2) is 0 Å². The quantitative estimate of drug-likeness (QED) is 0.787. The third-order valence-electron chi connectivity index (χ3n) is 3.84. The molecule has 0 atom stereocenters. The highest BCUT2D eigenvalue weighted by atomic mass is 79.9. The van der Waals surface area contributed by atoms with Crippen molar-refractivity contribution in [3.05, 3.63) is 69.7 Å². The molecule has 0 aliphatic carbocycles. The lowest BCUT2D eigenvalue weighted by molar-refractivity contribution is 0.307. The van der Waals surface area contributed by atoms with Crippen molar-refractivity contribution < 1.29 is 4.74 Å². The third-order valence-corrected chi connectivity index (χ3v) is 4.34. The zero-order valence-corrected chi connectivity index (χ0v) is 14.6. The molecule has 1 heterocycles. The first kappa shape index (κ1) is 15.3. The minimum Gasteiger partial charge on any atom is -0.488 e. The fourth-order valence-electron chi connectivity index (χ4n) is 2.75. The van der Waals surface area contributed by atoms with E-state index in [2.05, 4.69) is 77.4 Å². The topological polar surface area (TPSA) is 12.5 Å². The second-order valence-corrected chi connectivity index (χ2v) is 6.71. The van der Waals surface area contributed by atoms with E-state index in [0.29, 0.717) is 6.61 Å². The summed E-state index contributed by atoms with van der Waals surface area (Å²) in [6, 6.07) is 14.7. The van der Waals surface area contributed by atoms with Gasteiger partial charge in [0.1, 0.15) is 12.4 Å². The lowest BCUT2D eigenvalue weighted by Crippen LogP contribution is -2.12. The van der Waals surface area contributed by atoms with Crippen molar-refractivity contribution >= 4 is 21.5 Å². The molecule has 3 heteroatoms. The summed E-state index contributed by atoms with van der Waals surface area (Å²) in [4.78, 5) is 2.21. The van der Waals surface area contributed by atoms with Gasteiger partial charge in [-0.2, -0.15) is 0 Å². The Morgan fingerprint density at radius 1 is 1.14 bits per heavy atom. The van der Waals surface area contributed by atoms with Crippen molar-refractivity contribution in [2.75, 3.05) is 20.6 Å². The molecule has 114 valence electrons. The molecule has 0 saturated carbocycles. The molecule has 0 bridgehead atoms. The number of benzene rings is 2. The second kappa shape index (κ2) is 6.67. The van der Waals surface area contributed by atoms with Crippen LogP contribution in [0.1, 0.15) is 23.1 Å². The van der Waals surface area contributed by atoms with Gasteiger partial charge >= 0.3 is 0 Å². The van der Waals surface area contributed by atoms with Crippen LogP contribution < -0.4 is 4.74 Å². The molecule has 2 nitrogen and oxygen atoms in total. The Balaban J connectivity index is 2.08. The Kier molecular flexibility index (Phi) is 4.65. The molecule has 0 spiro atoms. The Labute approximate surface area is 140 Å². The summed E-state index contributed by atoms with van der Waals surface area (Å²) in [5, 5.41) is 0. The molecule has 0 fully saturated rings. The molecular weight excluding hydrogens is 338 g/mol. The van der Waals surface area contributed by atoms with Gasteiger partial charge in [0.15, 0.2) is 0 Å². The van der Waals surface area contributed by atoms with Gasteiger partial charge in [-0.1, -0.05) is 46.3 Å². The van der Waals surface area contributed by atoms with Crippen LogP contribution >= 0.6 is 15.9 Å². The molecule has 1 aliphatic heterocycles. The number of hydrogen-bond donors (Lipinski definition) is 0. The first-order valence-corrected chi connectivity index (χ1v) is 8.30. The Bertz CT molecular complexity index is 706. The highest BCUT2D eigenvalue weighted by Gasteiger charge is 2.18. The van der Waals surface area contributed by atoms with Crippen LogP contribution in [0, 0.1) is 0 Å². The van der Waals surface area contributed by atoms with Crippen molar-refractivity contribution in [3.63, 3.8) is 0 Å². The number of para-hydroxylation sites is 1. The number of halogens is 1. The molecule has 3 rings (SSSR count). The highest BCUT2D eigenvalue weighted by molar-refractivity contribution is 9.10. The van der Waals surface area contributed by atoms with E-state index in [1.165, 1.54) is 22.3 Å². The predicted octanol–water partition coefficient (Wildman–Crippen LogP) is 4.72. The molecule has 1 aliphatic rings. The zero-order chi connectivity index (χ0) is 15.5. The van der Waals surface area contributed by atoms with Crippen LogP contribution in [0.25, 0.3) is 5.57 Å². The van der Waals surface area contributed by atoms with Gasteiger partial charge in [0.2, 0.25) is 0 Å². The van der Waals surface area contributed by atoms with Gasteiger partial charge in [-0.3, -0.25) is 0 Å². The molecule has 22 heavy (non-hydrogen) atoms. The maximum absolute atomic E-state index is 6.02. The highest BCUT2D eigenvalue weighted by Crippen LogP contribution is 2.37.